The molecule has 1 unspecified atom stereocenters. The van der Waals surface area contributed by atoms with E-state index in [1.807, 2.05) is 6.07 Å². The van der Waals surface area contributed by atoms with Gasteiger partial charge in [-0.1, -0.05) is 37.3 Å². The summed E-state index contributed by atoms with van der Waals surface area (Å²) >= 11 is 0. The minimum atomic E-state index is -0.180. The third-order valence-corrected chi connectivity index (χ3v) is 3.94. The number of hydrogen-bond acceptors (Lipinski definition) is 3. The molecule has 3 rings (SSSR count). The van der Waals surface area contributed by atoms with Gasteiger partial charge in [-0.3, -0.25) is 0 Å². The molecule has 0 N–H and O–H groups in total. The van der Waals surface area contributed by atoms with Crippen LogP contribution in [-0.4, -0.2) is 13.4 Å². The molecule has 2 aromatic carbocycles. The van der Waals surface area contributed by atoms with Gasteiger partial charge in [0.15, 0.2) is 11.5 Å². The molecule has 0 saturated carbocycles. The molecule has 0 aliphatic carbocycles. The van der Waals surface area contributed by atoms with E-state index in [-0.39, 0.29) is 6.29 Å². The SMILES string of the molecule is CCc1ccc2c(c1)OC(CCc1ccc(COC)cc1)O2. The number of ether oxygens (including phenoxy) is 3. The van der Waals surface area contributed by atoms with Crippen molar-refractivity contribution in [2.45, 2.75) is 39.1 Å². The third-order valence-electron chi connectivity index (χ3n) is 3.94. The smallest absolute Gasteiger partial charge is 0.241 e. The van der Waals surface area contributed by atoms with Gasteiger partial charge >= 0.3 is 0 Å². The molecule has 0 aromatic heterocycles. The molecule has 0 saturated heterocycles. The average Bonchev–Trinajstić information content (AvgIpc) is 2.96. The lowest BCUT2D eigenvalue weighted by molar-refractivity contribution is 0.0422. The van der Waals surface area contributed by atoms with Gasteiger partial charge in [-0.15, -0.1) is 0 Å². The second kappa shape index (κ2) is 6.84. The Kier molecular flexibility index (Phi) is 4.64. The Morgan fingerprint density at radius 1 is 0.909 bits per heavy atom. The van der Waals surface area contributed by atoms with Crippen LogP contribution in [0, 0.1) is 0 Å². The maximum absolute atomic E-state index is 5.89. The van der Waals surface area contributed by atoms with Crippen LogP contribution in [0.1, 0.15) is 30.0 Å². The molecule has 0 fully saturated rings. The predicted octanol–water partition coefficient (Wildman–Crippen LogP) is 4.13. The summed E-state index contributed by atoms with van der Waals surface area (Å²) in [5.41, 5.74) is 3.76. The number of aryl methyl sites for hydroxylation is 2. The standard InChI is InChI=1S/C19H22O3/c1-3-14-8-10-17-18(12-14)22-19(21-17)11-9-15-4-6-16(7-5-15)13-20-2/h4-8,10,12,19H,3,9,11,13H2,1-2H3. The minimum Gasteiger partial charge on any atom is -0.451 e. The van der Waals surface area contributed by atoms with Crippen molar-refractivity contribution < 1.29 is 14.2 Å². The normalized spacial score (nSPS) is 16.0. The van der Waals surface area contributed by atoms with Gasteiger partial charge in [0.05, 0.1) is 6.61 Å². The highest BCUT2D eigenvalue weighted by atomic mass is 16.7. The Morgan fingerprint density at radius 3 is 2.32 bits per heavy atom. The molecule has 1 aliphatic rings. The third kappa shape index (κ3) is 3.42. The van der Waals surface area contributed by atoms with Gasteiger partial charge in [0.1, 0.15) is 0 Å². The molecule has 0 spiro atoms. The van der Waals surface area contributed by atoms with E-state index in [2.05, 4.69) is 43.3 Å². The van der Waals surface area contributed by atoms with Gasteiger partial charge in [0.25, 0.3) is 0 Å². The van der Waals surface area contributed by atoms with Crippen LogP contribution in [0.15, 0.2) is 42.5 Å². The summed E-state index contributed by atoms with van der Waals surface area (Å²) < 4.78 is 16.9. The Labute approximate surface area is 131 Å². The maximum Gasteiger partial charge on any atom is 0.241 e. The summed E-state index contributed by atoms with van der Waals surface area (Å²) in [6.45, 7) is 2.80. The summed E-state index contributed by atoms with van der Waals surface area (Å²) in [6.07, 6.45) is 2.61. The maximum atomic E-state index is 5.89. The molecule has 116 valence electrons. The molecule has 0 radical (unpaired) electrons. The summed E-state index contributed by atoms with van der Waals surface area (Å²) in [5.74, 6) is 1.73. The first kappa shape index (κ1) is 14.9. The molecular formula is C19H22O3. The molecule has 0 amide bonds. The Hall–Kier alpha value is -2.00. The monoisotopic (exact) mass is 298 g/mol. The highest BCUT2D eigenvalue weighted by Gasteiger charge is 2.23. The fraction of sp³-hybridized carbons (Fsp3) is 0.368. The van der Waals surface area contributed by atoms with E-state index in [0.717, 1.165) is 30.8 Å². The van der Waals surface area contributed by atoms with E-state index < -0.39 is 0 Å². The lowest BCUT2D eigenvalue weighted by atomic mass is 10.1. The molecule has 3 heteroatoms. The van der Waals surface area contributed by atoms with Gasteiger partial charge in [-0.25, -0.2) is 0 Å². The fourth-order valence-electron chi connectivity index (χ4n) is 2.64. The molecule has 22 heavy (non-hydrogen) atoms. The van der Waals surface area contributed by atoms with Crippen LogP contribution in [0.2, 0.25) is 0 Å². The molecule has 1 aliphatic heterocycles. The molecule has 0 bridgehead atoms. The summed E-state index contributed by atoms with van der Waals surface area (Å²) in [4.78, 5) is 0. The molecule has 3 nitrogen and oxygen atoms in total. The zero-order valence-electron chi connectivity index (χ0n) is 13.2. The summed E-state index contributed by atoms with van der Waals surface area (Å²) in [6, 6.07) is 14.7. The van der Waals surface area contributed by atoms with Crippen molar-refractivity contribution in [3.63, 3.8) is 0 Å². The minimum absolute atomic E-state index is 0.180. The van der Waals surface area contributed by atoms with Crippen molar-refractivity contribution in [1.29, 1.82) is 0 Å². The molecular weight excluding hydrogens is 276 g/mol. The molecule has 2 aromatic rings. The van der Waals surface area contributed by atoms with Gasteiger partial charge in [0.2, 0.25) is 6.29 Å². The quantitative estimate of drug-likeness (QED) is 0.802. The topological polar surface area (TPSA) is 27.7 Å². The second-order valence-corrected chi connectivity index (χ2v) is 5.59. The van der Waals surface area contributed by atoms with Crippen molar-refractivity contribution in [2.24, 2.45) is 0 Å². The largest absolute Gasteiger partial charge is 0.451 e. The van der Waals surface area contributed by atoms with Gasteiger partial charge in [0, 0.05) is 13.5 Å². The Morgan fingerprint density at radius 2 is 1.59 bits per heavy atom. The van der Waals surface area contributed by atoms with Crippen LogP contribution in [0.4, 0.5) is 0 Å². The number of rotatable bonds is 6. The zero-order chi connectivity index (χ0) is 15.4. The van der Waals surface area contributed by atoms with Crippen molar-refractivity contribution in [2.75, 3.05) is 7.11 Å². The van der Waals surface area contributed by atoms with Crippen molar-refractivity contribution in [3.05, 3.63) is 59.2 Å². The second-order valence-electron chi connectivity index (χ2n) is 5.59. The Bertz CT molecular complexity index is 619. The number of methoxy groups -OCH3 is 1. The van der Waals surface area contributed by atoms with E-state index in [0.29, 0.717) is 6.61 Å². The molecule has 1 atom stereocenters. The van der Waals surface area contributed by atoms with Crippen molar-refractivity contribution in [1.82, 2.24) is 0 Å². The van der Waals surface area contributed by atoms with Crippen molar-refractivity contribution >= 4 is 0 Å². The van der Waals surface area contributed by atoms with E-state index in [1.54, 1.807) is 7.11 Å². The first-order valence-electron chi connectivity index (χ1n) is 7.81. The number of benzene rings is 2. The van der Waals surface area contributed by atoms with Crippen LogP contribution in [0.25, 0.3) is 0 Å². The summed E-state index contributed by atoms with van der Waals surface area (Å²) in [5, 5.41) is 0. The van der Waals surface area contributed by atoms with Crippen LogP contribution in [-0.2, 0) is 24.2 Å². The van der Waals surface area contributed by atoms with E-state index in [9.17, 15) is 0 Å². The summed E-state index contributed by atoms with van der Waals surface area (Å²) in [7, 11) is 1.71. The zero-order valence-corrected chi connectivity index (χ0v) is 13.2. The van der Waals surface area contributed by atoms with Gasteiger partial charge in [-0.2, -0.15) is 0 Å². The van der Waals surface area contributed by atoms with E-state index in [4.69, 9.17) is 14.2 Å². The van der Waals surface area contributed by atoms with Crippen LogP contribution >= 0.6 is 0 Å². The van der Waals surface area contributed by atoms with Crippen LogP contribution in [0.5, 0.6) is 11.5 Å². The van der Waals surface area contributed by atoms with E-state index in [1.165, 1.54) is 16.7 Å². The number of hydrogen-bond donors (Lipinski definition) is 0. The number of fused-ring (bicyclic) bond motifs is 1. The molecule has 1 heterocycles. The first-order chi connectivity index (χ1) is 10.8. The van der Waals surface area contributed by atoms with Crippen LogP contribution in [0.3, 0.4) is 0 Å². The Balaban J connectivity index is 1.55. The van der Waals surface area contributed by atoms with Crippen molar-refractivity contribution in [3.8, 4) is 11.5 Å². The predicted molar refractivity (Wildman–Crippen MR) is 86.3 cm³/mol. The van der Waals surface area contributed by atoms with E-state index >= 15 is 0 Å². The highest BCUT2D eigenvalue weighted by molar-refractivity contribution is 5.45. The fourth-order valence-corrected chi connectivity index (χ4v) is 2.64. The van der Waals surface area contributed by atoms with Crippen LogP contribution < -0.4 is 9.47 Å². The first-order valence-corrected chi connectivity index (χ1v) is 7.81. The average molecular weight is 298 g/mol. The lowest BCUT2D eigenvalue weighted by Gasteiger charge is -2.10. The van der Waals surface area contributed by atoms with Gasteiger partial charge < -0.3 is 14.2 Å². The lowest BCUT2D eigenvalue weighted by Crippen LogP contribution is -2.18. The highest BCUT2D eigenvalue weighted by Crippen LogP contribution is 2.36. The van der Waals surface area contributed by atoms with Gasteiger partial charge in [-0.05, 0) is 41.7 Å².